The predicted molar refractivity (Wildman–Crippen MR) is 113 cm³/mol. The highest BCUT2D eigenvalue weighted by atomic mass is 35.5. The number of halogens is 1. The second-order valence-electron chi connectivity index (χ2n) is 7.32. The van der Waals surface area contributed by atoms with Crippen molar-refractivity contribution in [3.05, 3.63) is 45.8 Å². The molecule has 0 saturated carbocycles. The van der Waals surface area contributed by atoms with Crippen molar-refractivity contribution in [3.8, 4) is 5.75 Å². The van der Waals surface area contributed by atoms with Gasteiger partial charge in [-0.3, -0.25) is 4.79 Å². The predicted octanol–water partition coefficient (Wildman–Crippen LogP) is 1.59. The molecule has 3 heterocycles. The normalized spacial score (nSPS) is 21.4. The smallest absolute Gasteiger partial charge is 0.287 e. The zero-order valence-corrected chi connectivity index (χ0v) is 17.7. The van der Waals surface area contributed by atoms with Crippen LogP contribution in [0.15, 0.2) is 35.3 Å². The summed E-state index contributed by atoms with van der Waals surface area (Å²) in [5.41, 5.74) is 1.29. The Kier molecular flexibility index (Phi) is 5.44. The highest BCUT2D eigenvalue weighted by molar-refractivity contribution is 7.91. The molecule has 2 aliphatic rings. The number of hydrogen-bond donors (Lipinski definition) is 0. The zero-order valence-electron chi connectivity index (χ0n) is 16.1. The number of aromatic nitrogens is 2. The van der Waals surface area contributed by atoms with E-state index in [1.165, 1.54) is 4.68 Å². The van der Waals surface area contributed by atoms with Crippen molar-refractivity contribution in [2.75, 3.05) is 54.6 Å². The molecule has 1 atom stereocenters. The summed E-state index contributed by atoms with van der Waals surface area (Å²) >= 11 is 6.38. The molecule has 8 nitrogen and oxygen atoms in total. The third-order valence-corrected chi connectivity index (χ3v) is 7.64. The number of piperazine rings is 1. The fourth-order valence-electron chi connectivity index (χ4n) is 3.88. The molecule has 0 radical (unpaired) electrons. The first-order valence-corrected chi connectivity index (χ1v) is 11.7. The highest BCUT2D eigenvalue weighted by Gasteiger charge is 2.31. The highest BCUT2D eigenvalue weighted by Crippen LogP contribution is 2.27. The maximum atomic E-state index is 12.7. The summed E-state index contributed by atoms with van der Waals surface area (Å²) in [5.74, 6) is 0.843. The van der Waals surface area contributed by atoms with Crippen LogP contribution < -0.4 is 20.1 Å². The van der Waals surface area contributed by atoms with E-state index in [0.29, 0.717) is 25.2 Å². The topological polar surface area (TPSA) is 84.7 Å². The fourth-order valence-corrected chi connectivity index (χ4v) is 5.83. The van der Waals surface area contributed by atoms with E-state index in [-0.39, 0.29) is 16.5 Å². The number of sulfone groups is 1. The lowest BCUT2D eigenvalue weighted by Gasteiger charge is -2.37. The van der Waals surface area contributed by atoms with Gasteiger partial charge in [0.1, 0.15) is 10.8 Å². The summed E-state index contributed by atoms with van der Waals surface area (Å²) in [6.45, 7) is 2.97. The minimum absolute atomic E-state index is 0.0594. The maximum absolute atomic E-state index is 12.7. The van der Waals surface area contributed by atoms with E-state index in [1.54, 1.807) is 13.3 Å². The van der Waals surface area contributed by atoms with Crippen LogP contribution in [0.1, 0.15) is 12.5 Å². The third-order valence-electron chi connectivity index (χ3n) is 5.54. The van der Waals surface area contributed by atoms with Crippen molar-refractivity contribution in [3.63, 3.8) is 0 Å². The van der Waals surface area contributed by atoms with E-state index < -0.39 is 21.4 Å². The van der Waals surface area contributed by atoms with Crippen LogP contribution in [0, 0.1) is 0 Å². The molecule has 10 heteroatoms. The van der Waals surface area contributed by atoms with Gasteiger partial charge in [-0.25, -0.2) is 13.1 Å². The number of nitrogens with zero attached hydrogens (tertiary/aromatic N) is 4. The average Bonchev–Trinajstić information content (AvgIpc) is 3.09. The van der Waals surface area contributed by atoms with Gasteiger partial charge >= 0.3 is 0 Å². The molecule has 0 unspecified atom stereocenters. The van der Waals surface area contributed by atoms with Crippen molar-refractivity contribution in [1.82, 2.24) is 9.78 Å². The van der Waals surface area contributed by atoms with Gasteiger partial charge in [-0.1, -0.05) is 11.6 Å². The Hall–Kier alpha value is -2.26. The molecule has 1 aromatic heterocycles. The fraction of sp³-hybridized carbons (Fsp3) is 0.474. The lowest BCUT2D eigenvalue weighted by molar-refractivity contribution is 0.415. The summed E-state index contributed by atoms with van der Waals surface area (Å²) in [6, 6.07) is 7.49. The lowest BCUT2D eigenvalue weighted by atomic mass is 10.2. The van der Waals surface area contributed by atoms with Crippen LogP contribution in [-0.4, -0.2) is 63.0 Å². The molecule has 2 aliphatic heterocycles. The van der Waals surface area contributed by atoms with Crippen molar-refractivity contribution in [2.45, 2.75) is 12.5 Å². The summed E-state index contributed by atoms with van der Waals surface area (Å²) in [4.78, 5) is 17.0. The molecule has 2 fully saturated rings. The van der Waals surface area contributed by atoms with Gasteiger partial charge in [0.2, 0.25) is 0 Å². The first kappa shape index (κ1) is 20.0. The minimum atomic E-state index is -3.11. The zero-order chi connectivity index (χ0) is 20.6. The Morgan fingerprint density at radius 2 is 1.76 bits per heavy atom. The van der Waals surface area contributed by atoms with Crippen LogP contribution in [0.25, 0.3) is 0 Å². The SMILES string of the molecule is COc1ccc(N2CCN(c3cnn([C@@H]4CCS(=O)(=O)C4)c(=O)c3Cl)CC2)cc1. The van der Waals surface area contributed by atoms with E-state index in [0.717, 1.165) is 24.5 Å². The Bertz CT molecular complexity index is 1050. The van der Waals surface area contributed by atoms with Crippen LogP contribution in [0.3, 0.4) is 0 Å². The molecule has 0 N–H and O–H groups in total. The Morgan fingerprint density at radius 3 is 2.34 bits per heavy atom. The third kappa shape index (κ3) is 4.06. The van der Waals surface area contributed by atoms with Gasteiger partial charge in [0.15, 0.2) is 9.84 Å². The second-order valence-corrected chi connectivity index (χ2v) is 9.93. The minimum Gasteiger partial charge on any atom is -0.497 e. The number of rotatable bonds is 4. The molecular formula is C19H23ClN4O4S. The van der Waals surface area contributed by atoms with Crippen LogP contribution in [0.4, 0.5) is 11.4 Å². The first-order chi connectivity index (χ1) is 13.9. The van der Waals surface area contributed by atoms with E-state index in [1.807, 2.05) is 29.2 Å². The second kappa shape index (κ2) is 7.87. The van der Waals surface area contributed by atoms with Gasteiger partial charge in [0, 0.05) is 31.9 Å². The van der Waals surface area contributed by atoms with E-state index in [9.17, 15) is 13.2 Å². The summed E-state index contributed by atoms with van der Waals surface area (Å²) in [5, 5.41) is 4.34. The lowest BCUT2D eigenvalue weighted by Crippen LogP contribution is -2.47. The molecule has 0 bridgehead atoms. The van der Waals surface area contributed by atoms with E-state index >= 15 is 0 Å². The van der Waals surface area contributed by atoms with E-state index in [2.05, 4.69) is 10.00 Å². The molecule has 156 valence electrons. The maximum Gasteiger partial charge on any atom is 0.287 e. The van der Waals surface area contributed by atoms with Crippen LogP contribution in [0.2, 0.25) is 5.02 Å². The van der Waals surface area contributed by atoms with Crippen molar-refractivity contribution < 1.29 is 13.2 Å². The molecule has 0 spiro atoms. The van der Waals surface area contributed by atoms with Crippen molar-refractivity contribution in [1.29, 1.82) is 0 Å². The number of anilines is 2. The quantitative estimate of drug-likeness (QED) is 0.716. The van der Waals surface area contributed by atoms with Gasteiger partial charge in [-0.15, -0.1) is 0 Å². The Labute approximate surface area is 174 Å². The van der Waals surface area contributed by atoms with Crippen molar-refractivity contribution >= 4 is 32.8 Å². The monoisotopic (exact) mass is 438 g/mol. The molecule has 29 heavy (non-hydrogen) atoms. The first-order valence-electron chi connectivity index (χ1n) is 9.49. The van der Waals surface area contributed by atoms with Gasteiger partial charge in [-0.2, -0.15) is 5.10 Å². The molecule has 1 aromatic carbocycles. The summed E-state index contributed by atoms with van der Waals surface area (Å²) in [6.07, 6.45) is 1.98. The van der Waals surface area contributed by atoms with Crippen LogP contribution in [0.5, 0.6) is 5.75 Å². The standard InChI is InChI=1S/C19H23ClN4O4S/c1-28-16-4-2-14(3-5-16)22-7-9-23(10-8-22)17-12-21-24(19(25)18(17)20)15-6-11-29(26,27)13-15/h2-5,12,15H,6-11,13H2,1H3/t15-/m1/s1. The van der Waals surface area contributed by atoms with Gasteiger partial charge in [0.25, 0.3) is 5.56 Å². The average molecular weight is 439 g/mol. The number of methoxy groups -OCH3 is 1. The van der Waals surface area contributed by atoms with Crippen LogP contribution in [-0.2, 0) is 9.84 Å². The number of ether oxygens (including phenoxy) is 1. The van der Waals surface area contributed by atoms with Gasteiger partial charge in [-0.05, 0) is 30.7 Å². The molecule has 4 rings (SSSR count). The number of hydrogen-bond acceptors (Lipinski definition) is 7. The Morgan fingerprint density at radius 1 is 1.10 bits per heavy atom. The largest absolute Gasteiger partial charge is 0.497 e. The molecule has 0 amide bonds. The molecular weight excluding hydrogens is 416 g/mol. The van der Waals surface area contributed by atoms with Gasteiger partial charge in [0.05, 0.1) is 36.5 Å². The molecule has 2 saturated heterocycles. The molecule has 0 aliphatic carbocycles. The summed E-state index contributed by atoms with van der Waals surface area (Å²) in [7, 11) is -1.46. The molecule has 2 aromatic rings. The van der Waals surface area contributed by atoms with Gasteiger partial charge < -0.3 is 14.5 Å². The number of benzene rings is 1. The summed E-state index contributed by atoms with van der Waals surface area (Å²) < 4.78 is 29.9. The Balaban J connectivity index is 1.47. The van der Waals surface area contributed by atoms with Crippen LogP contribution >= 0.6 is 11.6 Å². The van der Waals surface area contributed by atoms with E-state index in [4.69, 9.17) is 16.3 Å². The van der Waals surface area contributed by atoms with Crippen molar-refractivity contribution in [2.24, 2.45) is 0 Å².